The standard InChI is InChI=1S/C17H18BrN3O2/c1-19-17(23)15-3-2-8-21(15)16(22)7-4-11-10-20-14-6-5-12(18)9-13(11)14/h5-6,9-10,15,20H,1-4,7-8H2/t15-/m0/s1. The summed E-state index contributed by atoms with van der Waals surface area (Å²) >= 11 is 3.47. The Morgan fingerprint density at radius 2 is 2.26 bits per heavy atom. The molecule has 5 nitrogen and oxygen atoms in total. The number of carbonyl (C=O) groups excluding carboxylic acids is 2. The Balaban J connectivity index is 1.69. The Morgan fingerprint density at radius 1 is 1.43 bits per heavy atom. The Bertz CT molecular complexity index is 768. The monoisotopic (exact) mass is 375 g/mol. The third-order valence-electron chi connectivity index (χ3n) is 4.35. The number of likely N-dealkylation sites (tertiary alicyclic amines) is 1. The average molecular weight is 376 g/mol. The van der Waals surface area contributed by atoms with Gasteiger partial charge in [0.15, 0.2) is 0 Å². The number of hydrogen-bond acceptors (Lipinski definition) is 2. The summed E-state index contributed by atoms with van der Waals surface area (Å²) in [5, 5.41) is 1.12. The number of nitrogens with zero attached hydrogens (tertiary/aromatic N) is 2. The molecule has 1 aliphatic heterocycles. The van der Waals surface area contributed by atoms with Gasteiger partial charge in [-0.1, -0.05) is 15.9 Å². The fourth-order valence-electron chi connectivity index (χ4n) is 3.17. The van der Waals surface area contributed by atoms with Gasteiger partial charge >= 0.3 is 0 Å². The molecule has 120 valence electrons. The number of aromatic amines is 1. The molecule has 0 unspecified atom stereocenters. The van der Waals surface area contributed by atoms with Crippen LogP contribution in [0, 0.1) is 0 Å². The lowest BCUT2D eigenvalue weighted by molar-refractivity contribution is -0.137. The van der Waals surface area contributed by atoms with Crippen LogP contribution in [0.4, 0.5) is 0 Å². The van der Waals surface area contributed by atoms with Crippen molar-refractivity contribution < 1.29 is 9.59 Å². The minimum atomic E-state index is -0.419. The van der Waals surface area contributed by atoms with E-state index in [1.807, 2.05) is 18.3 Å². The quantitative estimate of drug-likeness (QED) is 0.834. The first-order chi connectivity index (χ1) is 11.1. The van der Waals surface area contributed by atoms with Gasteiger partial charge in [-0.2, -0.15) is 0 Å². The van der Waals surface area contributed by atoms with Gasteiger partial charge in [-0.15, -0.1) is 0 Å². The van der Waals surface area contributed by atoms with Gasteiger partial charge < -0.3 is 9.88 Å². The second-order valence-corrected chi connectivity index (χ2v) is 6.66. The Labute approximate surface area is 142 Å². The molecule has 0 aliphatic carbocycles. The van der Waals surface area contributed by atoms with Crippen LogP contribution in [0.1, 0.15) is 24.8 Å². The second-order valence-electron chi connectivity index (χ2n) is 5.75. The first-order valence-corrected chi connectivity index (χ1v) is 8.45. The number of aromatic nitrogens is 1. The smallest absolute Gasteiger partial charge is 0.267 e. The van der Waals surface area contributed by atoms with Gasteiger partial charge in [0.25, 0.3) is 5.91 Å². The first kappa shape index (κ1) is 15.9. The van der Waals surface area contributed by atoms with E-state index in [4.69, 9.17) is 0 Å². The predicted molar refractivity (Wildman–Crippen MR) is 93.6 cm³/mol. The molecule has 3 rings (SSSR count). The van der Waals surface area contributed by atoms with Crippen molar-refractivity contribution in [3.8, 4) is 0 Å². The van der Waals surface area contributed by atoms with Crippen LogP contribution >= 0.6 is 15.9 Å². The number of amides is 2. The molecule has 2 amide bonds. The molecule has 1 atom stereocenters. The van der Waals surface area contributed by atoms with E-state index in [1.54, 1.807) is 4.90 Å². The lowest BCUT2D eigenvalue weighted by Crippen LogP contribution is -2.39. The van der Waals surface area contributed by atoms with E-state index in [0.29, 0.717) is 25.8 Å². The Hall–Kier alpha value is -1.95. The van der Waals surface area contributed by atoms with Crippen molar-refractivity contribution in [3.63, 3.8) is 0 Å². The predicted octanol–water partition coefficient (Wildman–Crippen LogP) is 3.08. The number of halogens is 1. The fraction of sp³-hybridized carbons (Fsp3) is 0.353. The van der Waals surface area contributed by atoms with Crippen molar-refractivity contribution in [2.24, 2.45) is 4.99 Å². The van der Waals surface area contributed by atoms with Crippen LogP contribution in [-0.4, -0.2) is 41.0 Å². The van der Waals surface area contributed by atoms with Crippen molar-refractivity contribution in [1.82, 2.24) is 9.88 Å². The van der Waals surface area contributed by atoms with Crippen LogP contribution in [0.25, 0.3) is 10.9 Å². The highest BCUT2D eigenvalue weighted by Crippen LogP contribution is 2.25. The van der Waals surface area contributed by atoms with Crippen LogP contribution < -0.4 is 0 Å². The lowest BCUT2D eigenvalue weighted by atomic mass is 10.1. The maximum atomic E-state index is 12.5. The molecule has 1 aliphatic rings. The van der Waals surface area contributed by atoms with E-state index in [2.05, 4.69) is 38.7 Å². The highest BCUT2D eigenvalue weighted by Gasteiger charge is 2.33. The number of nitrogens with one attached hydrogen (secondary N) is 1. The molecular weight excluding hydrogens is 358 g/mol. The number of H-pyrrole nitrogens is 1. The number of hydrogen-bond donors (Lipinski definition) is 1. The number of benzene rings is 1. The Morgan fingerprint density at radius 3 is 3.04 bits per heavy atom. The van der Waals surface area contributed by atoms with E-state index in [9.17, 15) is 9.59 Å². The number of aliphatic imine (C=N–C) groups is 1. The van der Waals surface area contributed by atoms with Crippen LogP contribution in [0.2, 0.25) is 0 Å². The summed E-state index contributed by atoms with van der Waals surface area (Å²) < 4.78 is 1.01. The van der Waals surface area contributed by atoms with Crippen molar-refractivity contribution in [1.29, 1.82) is 0 Å². The van der Waals surface area contributed by atoms with E-state index >= 15 is 0 Å². The van der Waals surface area contributed by atoms with Crippen LogP contribution in [0.3, 0.4) is 0 Å². The van der Waals surface area contributed by atoms with E-state index in [0.717, 1.165) is 27.4 Å². The zero-order chi connectivity index (χ0) is 16.4. The number of carbonyl (C=O) groups is 2. The molecule has 6 heteroatoms. The third-order valence-corrected chi connectivity index (χ3v) is 4.84. The summed E-state index contributed by atoms with van der Waals surface area (Å²) in [6.07, 6.45) is 4.51. The minimum Gasteiger partial charge on any atom is -0.361 e. The molecule has 1 aromatic heterocycles. The van der Waals surface area contributed by atoms with Crippen molar-refractivity contribution >= 4 is 45.4 Å². The summed E-state index contributed by atoms with van der Waals surface area (Å²) in [4.78, 5) is 32.6. The SMILES string of the molecule is C=NC(=O)[C@@H]1CCCN1C(=O)CCc1c[nH]c2ccc(Br)cc12. The minimum absolute atomic E-state index is 0.00819. The molecule has 1 aromatic carbocycles. The number of aryl methyl sites for hydroxylation is 1. The molecule has 1 saturated heterocycles. The third kappa shape index (κ3) is 3.22. The van der Waals surface area contributed by atoms with Gasteiger partial charge in [-0.25, -0.2) is 4.99 Å². The van der Waals surface area contributed by atoms with E-state index < -0.39 is 6.04 Å². The topological polar surface area (TPSA) is 65.5 Å². The molecule has 1 fully saturated rings. The maximum Gasteiger partial charge on any atom is 0.267 e. The van der Waals surface area contributed by atoms with E-state index in [1.165, 1.54) is 0 Å². The molecule has 2 heterocycles. The first-order valence-electron chi connectivity index (χ1n) is 7.65. The maximum absolute atomic E-state index is 12.5. The highest BCUT2D eigenvalue weighted by molar-refractivity contribution is 9.10. The second kappa shape index (κ2) is 6.66. The molecule has 0 saturated carbocycles. The van der Waals surface area contributed by atoms with Gasteiger partial charge in [0.2, 0.25) is 5.91 Å². The number of rotatable bonds is 4. The van der Waals surface area contributed by atoms with Crippen molar-refractivity contribution in [2.45, 2.75) is 31.7 Å². The number of fused-ring (bicyclic) bond motifs is 1. The molecule has 23 heavy (non-hydrogen) atoms. The van der Waals surface area contributed by atoms with Crippen LogP contribution in [0.5, 0.6) is 0 Å². The zero-order valence-corrected chi connectivity index (χ0v) is 14.3. The Kier molecular flexibility index (Phi) is 4.61. The van der Waals surface area contributed by atoms with Gasteiger partial charge in [0.05, 0.1) is 0 Å². The largest absolute Gasteiger partial charge is 0.361 e. The van der Waals surface area contributed by atoms with Crippen molar-refractivity contribution in [2.75, 3.05) is 6.54 Å². The summed E-state index contributed by atoms with van der Waals surface area (Å²) in [5.74, 6) is -0.291. The van der Waals surface area contributed by atoms with Gasteiger partial charge in [0, 0.05) is 34.5 Å². The van der Waals surface area contributed by atoms with Crippen molar-refractivity contribution in [3.05, 3.63) is 34.4 Å². The molecular formula is C17H18BrN3O2. The normalized spacial score (nSPS) is 17.6. The van der Waals surface area contributed by atoms with E-state index in [-0.39, 0.29) is 11.8 Å². The molecule has 0 radical (unpaired) electrons. The molecule has 2 aromatic rings. The summed E-state index contributed by atoms with van der Waals surface area (Å²) in [7, 11) is 0. The summed E-state index contributed by atoms with van der Waals surface area (Å²) in [5.41, 5.74) is 2.17. The van der Waals surface area contributed by atoms with Gasteiger partial charge in [-0.05, 0) is 49.7 Å². The average Bonchev–Trinajstić information content (AvgIpc) is 3.18. The van der Waals surface area contributed by atoms with Crippen LogP contribution in [-0.2, 0) is 16.0 Å². The highest BCUT2D eigenvalue weighted by atomic mass is 79.9. The molecule has 1 N–H and O–H groups in total. The molecule has 0 spiro atoms. The zero-order valence-electron chi connectivity index (χ0n) is 12.7. The summed E-state index contributed by atoms with van der Waals surface area (Å²) in [6, 6.07) is 5.62. The fourth-order valence-corrected chi connectivity index (χ4v) is 3.53. The lowest BCUT2D eigenvalue weighted by Gasteiger charge is -2.22. The van der Waals surface area contributed by atoms with Gasteiger partial charge in [0.1, 0.15) is 6.04 Å². The van der Waals surface area contributed by atoms with Crippen LogP contribution in [0.15, 0.2) is 33.9 Å². The van der Waals surface area contributed by atoms with Gasteiger partial charge in [-0.3, -0.25) is 9.59 Å². The molecule has 0 bridgehead atoms. The summed E-state index contributed by atoms with van der Waals surface area (Å²) in [6.45, 7) is 3.91.